The molecule has 0 N–H and O–H groups in total. The van der Waals surface area contributed by atoms with Crippen LogP contribution in [0.25, 0.3) is 0 Å². The molecule has 1 aliphatic carbocycles. The first-order valence-electron chi connectivity index (χ1n) is 10.3. The molecule has 140 valence electrons. The number of hydrogen-bond acceptors (Lipinski definition) is 3. The highest BCUT2D eigenvalue weighted by molar-refractivity contribution is 5.35. The summed E-state index contributed by atoms with van der Waals surface area (Å²) in [6, 6.07) is 0. The highest BCUT2D eigenvalue weighted by atomic mass is 16.5. The zero-order chi connectivity index (χ0) is 18.2. The molecule has 0 bridgehead atoms. The Morgan fingerprint density at radius 2 is 1.76 bits per heavy atom. The molecule has 3 rings (SSSR count). The third-order valence-electron chi connectivity index (χ3n) is 6.65. The molecule has 1 aromatic heterocycles. The second-order valence-electron chi connectivity index (χ2n) is 9.48. The molecule has 2 aliphatic rings. The minimum absolute atomic E-state index is 0.0505. The molecule has 0 saturated carbocycles. The molecule has 25 heavy (non-hydrogen) atoms. The van der Waals surface area contributed by atoms with Crippen molar-refractivity contribution in [1.29, 1.82) is 0 Å². The molecule has 0 radical (unpaired) electrons. The molecule has 3 nitrogen and oxygen atoms in total. The topological polar surface area (TPSA) is 35.0 Å². The van der Waals surface area contributed by atoms with E-state index in [1.807, 2.05) is 0 Å². The predicted octanol–water partition coefficient (Wildman–Crippen LogP) is 4.99. The fourth-order valence-electron chi connectivity index (χ4n) is 4.53. The average Bonchev–Trinajstić information content (AvgIpc) is 2.58. The summed E-state index contributed by atoms with van der Waals surface area (Å²) in [6.07, 6.45) is 6.82. The van der Waals surface area contributed by atoms with Gasteiger partial charge >= 0.3 is 0 Å². The van der Waals surface area contributed by atoms with Crippen LogP contribution < -0.4 is 0 Å². The zero-order valence-electron chi connectivity index (χ0n) is 17.1. The largest absolute Gasteiger partial charge is 0.381 e. The SMILES string of the molecule is CCCC(C)(C)c1nc2c(c(C(C)(C)CC)n1)CC1COCCC1C2. The Hall–Kier alpha value is -0.960. The van der Waals surface area contributed by atoms with Crippen molar-refractivity contribution in [3.8, 4) is 0 Å². The highest BCUT2D eigenvalue weighted by Gasteiger charge is 2.38. The van der Waals surface area contributed by atoms with E-state index in [1.54, 1.807) is 0 Å². The van der Waals surface area contributed by atoms with E-state index < -0.39 is 0 Å². The first kappa shape index (κ1) is 18.8. The summed E-state index contributed by atoms with van der Waals surface area (Å²) in [5, 5.41) is 0. The van der Waals surface area contributed by atoms with Gasteiger partial charge in [-0.3, -0.25) is 0 Å². The van der Waals surface area contributed by atoms with Gasteiger partial charge in [-0.2, -0.15) is 0 Å². The van der Waals surface area contributed by atoms with Gasteiger partial charge in [0.05, 0.1) is 5.69 Å². The van der Waals surface area contributed by atoms with E-state index >= 15 is 0 Å². The van der Waals surface area contributed by atoms with E-state index in [4.69, 9.17) is 14.7 Å². The standard InChI is InChI=1S/C22H36N2O/c1-7-10-22(5,6)20-23-18-13-15-9-11-25-14-16(15)12-17(18)19(24-20)21(3,4)8-2/h15-16H,7-14H2,1-6H3. The van der Waals surface area contributed by atoms with E-state index in [9.17, 15) is 0 Å². The Kier molecular flexibility index (Phi) is 5.26. The van der Waals surface area contributed by atoms with E-state index in [2.05, 4.69) is 41.5 Å². The monoisotopic (exact) mass is 344 g/mol. The number of fused-ring (bicyclic) bond motifs is 2. The third-order valence-corrected chi connectivity index (χ3v) is 6.65. The molecule has 1 fully saturated rings. The van der Waals surface area contributed by atoms with Gasteiger partial charge in [-0.15, -0.1) is 0 Å². The molecular formula is C22H36N2O. The summed E-state index contributed by atoms with van der Waals surface area (Å²) >= 11 is 0. The maximum Gasteiger partial charge on any atom is 0.134 e. The van der Waals surface area contributed by atoms with Crippen LogP contribution in [0, 0.1) is 11.8 Å². The second-order valence-corrected chi connectivity index (χ2v) is 9.48. The molecule has 0 aromatic carbocycles. The second kappa shape index (κ2) is 6.98. The van der Waals surface area contributed by atoms with Crippen molar-refractivity contribution in [2.45, 2.75) is 90.9 Å². The molecule has 3 heteroatoms. The maximum atomic E-state index is 5.77. The van der Waals surface area contributed by atoms with Gasteiger partial charge in [0.25, 0.3) is 0 Å². The summed E-state index contributed by atoms with van der Waals surface area (Å²) < 4.78 is 5.77. The van der Waals surface area contributed by atoms with Gasteiger partial charge in [0.15, 0.2) is 0 Å². The molecule has 1 saturated heterocycles. The van der Waals surface area contributed by atoms with Crippen LogP contribution in [0.1, 0.15) is 90.0 Å². The predicted molar refractivity (Wildman–Crippen MR) is 103 cm³/mol. The summed E-state index contributed by atoms with van der Waals surface area (Å²) in [7, 11) is 0. The van der Waals surface area contributed by atoms with E-state index in [0.29, 0.717) is 5.92 Å². The fraction of sp³-hybridized carbons (Fsp3) is 0.818. The van der Waals surface area contributed by atoms with Crippen LogP contribution >= 0.6 is 0 Å². The third kappa shape index (κ3) is 3.63. The van der Waals surface area contributed by atoms with Crippen LogP contribution in [0.5, 0.6) is 0 Å². The highest BCUT2D eigenvalue weighted by Crippen LogP contribution is 2.40. The lowest BCUT2D eigenvalue weighted by atomic mass is 9.71. The van der Waals surface area contributed by atoms with Gasteiger partial charge in [0.2, 0.25) is 0 Å². The Balaban J connectivity index is 2.09. The first-order valence-corrected chi connectivity index (χ1v) is 10.3. The van der Waals surface area contributed by atoms with Gasteiger partial charge in [-0.1, -0.05) is 48.0 Å². The summed E-state index contributed by atoms with van der Waals surface area (Å²) in [4.78, 5) is 10.4. The lowest BCUT2D eigenvalue weighted by Crippen LogP contribution is -2.38. The lowest BCUT2D eigenvalue weighted by molar-refractivity contribution is 0.0122. The Morgan fingerprint density at radius 1 is 1.00 bits per heavy atom. The number of ether oxygens (including phenoxy) is 1. The van der Waals surface area contributed by atoms with Crippen LogP contribution in [0.2, 0.25) is 0 Å². The first-order chi connectivity index (χ1) is 11.8. The number of aromatic nitrogens is 2. The fourth-order valence-corrected chi connectivity index (χ4v) is 4.53. The number of hydrogen-bond donors (Lipinski definition) is 0. The Labute approximate surface area is 154 Å². The van der Waals surface area contributed by atoms with Crippen molar-refractivity contribution >= 4 is 0 Å². The van der Waals surface area contributed by atoms with Crippen LogP contribution in [0.4, 0.5) is 0 Å². The van der Waals surface area contributed by atoms with Gasteiger partial charge in [0.1, 0.15) is 5.82 Å². The van der Waals surface area contributed by atoms with Gasteiger partial charge in [-0.05, 0) is 49.5 Å². The molecule has 0 spiro atoms. The van der Waals surface area contributed by atoms with Crippen molar-refractivity contribution in [2.24, 2.45) is 11.8 Å². The summed E-state index contributed by atoms with van der Waals surface area (Å²) in [5.41, 5.74) is 4.24. The van der Waals surface area contributed by atoms with Crippen molar-refractivity contribution < 1.29 is 4.74 Å². The summed E-state index contributed by atoms with van der Waals surface area (Å²) in [5.74, 6) is 2.47. The van der Waals surface area contributed by atoms with Gasteiger partial charge < -0.3 is 4.74 Å². The molecule has 1 aliphatic heterocycles. The molecule has 0 amide bonds. The van der Waals surface area contributed by atoms with Crippen LogP contribution in [-0.4, -0.2) is 23.2 Å². The Morgan fingerprint density at radius 3 is 2.44 bits per heavy atom. The van der Waals surface area contributed by atoms with E-state index in [-0.39, 0.29) is 10.8 Å². The average molecular weight is 345 g/mol. The van der Waals surface area contributed by atoms with Crippen molar-refractivity contribution in [2.75, 3.05) is 13.2 Å². The van der Waals surface area contributed by atoms with E-state index in [0.717, 1.165) is 50.6 Å². The molecular weight excluding hydrogens is 308 g/mol. The van der Waals surface area contributed by atoms with Gasteiger partial charge in [0, 0.05) is 29.7 Å². The van der Waals surface area contributed by atoms with Crippen molar-refractivity contribution in [3.63, 3.8) is 0 Å². The molecule has 2 unspecified atom stereocenters. The zero-order valence-corrected chi connectivity index (χ0v) is 17.1. The minimum Gasteiger partial charge on any atom is -0.381 e. The van der Waals surface area contributed by atoms with Crippen molar-refractivity contribution in [1.82, 2.24) is 9.97 Å². The Bertz CT molecular complexity index is 621. The van der Waals surface area contributed by atoms with Crippen LogP contribution in [0.3, 0.4) is 0 Å². The van der Waals surface area contributed by atoms with Crippen LogP contribution in [0.15, 0.2) is 0 Å². The van der Waals surface area contributed by atoms with Crippen molar-refractivity contribution in [3.05, 3.63) is 22.8 Å². The molecule has 2 heterocycles. The quantitative estimate of drug-likeness (QED) is 0.754. The number of rotatable bonds is 5. The smallest absolute Gasteiger partial charge is 0.134 e. The minimum atomic E-state index is 0.0505. The molecule has 1 aromatic rings. The maximum absolute atomic E-state index is 5.77. The molecule has 2 atom stereocenters. The van der Waals surface area contributed by atoms with E-state index in [1.165, 1.54) is 29.8 Å². The number of nitrogens with zero attached hydrogens (tertiary/aromatic N) is 2. The normalized spacial score (nSPS) is 23.9. The lowest BCUT2D eigenvalue weighted by Gasteiger charge is -2.39. The summed E-state index contributed by atoms with van der Waals surface area (Å²) in [6.45, 7) is 15.7. The van der Waals surface area contributed by atoms with Gasteiger partial charge in [-0.25, -0.2) is 9.97 Å². The van der Waals surface area contributed by atoms with Crippen LogP contribution in [-0.2, 0) is 28.4 Å².